The molecule has 0 saturated heterocycles. The summed E-state index contributed by atoms with van der Waals surface area (Å²) < 4.78 is 24.3. The largest absolute Gasteiger partial charge is 0.494 e. The molecule has 0 bridgehead atoms. The maximum Gasteiger partial charge on any atom is 0.360 e. The van der Waals surface area contributed by atoms with Gasteiger partial charge >= 0.3 is 5.97 Å². The number of hydrogen-bond acceptors (Lipinski definition) is 5. The monoisotopic (exact) mass is 265 g/mol. The van der Waals surface area contributed by atoms with Gasteiger partial charge in [0, 0.05) is 6.07 Å². The lowest BCUT2D eigenvalue weighted by Crippen LogP contribution is -2.04. The molecule has 0 aliphatic heterocycles. The van der Waals surface area contributed by atoms with Crippen LogP contribution in [0.3, 0.4) is 0 Å². The van der Waals surface area contributed by atoms with Crippen molar-refractivity contribution >= 4 is 5.97 Å². The number of benzene rings is 1. The molecule has 0 unspecified atom stereocenters. The first-order valence-electron chi connectivity index (χ1n) is 5.59. The van der Waals surface area contributed by atoms with Crippen molar-refractivity contribution in [2.24, 2.45) is 0 Å². The Morgan fingerprint density at radius 1 is 1.47 bits per heavy atom. The van der Waals surface area contributed by atoms with Gasteiger partial charge < -0.3 is 9.47 Å². The summed E-state index contributed by atoms with van der Waals surface area (Å²) in [5, 5.41) is 7.48. The van der Waals surface area contributed by atoms with Crippen molar-refractivity contribution < 1.29 is 18.7 Å². The second-order valence-corrected chi connectivity index (χ2v) is 3.59. The van der Waals surface area contributed by atoms with Crippen LogP contribution in [0.4, 0.5) is 4.39 Å². The molecule has 6 nitrogen and oxygen atoms in total. The summed E-state index contributed by atoms with van der Waals surface area (Å²) >= 11 is 0. The first-order chi connectivity index (χ1) is 9.15. The summed E-state index contributed by atoms with van der Waals surface area (Å²) in [6, 6.07) is 4.21. The SMILES string of the molecule is CCOC(=O)c1cn(-c2ccc(F)c(OC)c2)nn1. The molecule has 1 aromatic heterocycles. The number of nitrogens with zero attached hydrogens (tertiary/aromatic N) is 3. The van der Waals surface area contributed by atoms with Crippen LogP contribution in [0, 0.1) is 5.82 Å². The summed E-state index contributed by atoms with van der Waals surface area (Å²) in [6.07, 6.45) is 1.41. The van der Waals surface area contributed by atoms with Crippen molar-refractivity contribution in [3.63, 3.8) is 0 Å². The number of aromatic nitrogens is 3. The topological polar surface area (TPSA) is 66.2 Å². The van der Waals surface area contributed by atoms with Crippen LogP contribution >= 0.6 is 0 Å². The fourth-order valence-electron chi connectivity index (χ4n) is 1.48. The molecule has 2 rings (SSSR count). The number of ether oxygens (including phenoxy) is 2. The van der Waals surface area contributed by atoms with Crippen LogP contribution in [-0.4, -0.2) is 34.7 Å². The molecule has 0 aliphatic carbocycles. The van der Waals surface area contributed by atoms with E-state index in [0.29, 0.717) is 5.69 Å². The molecule has 2 aromatic rings. The Kier molecular flexibility index (Phi) is 3.74. The average molecular weight is 265 g/mol. The maximum absolute atomic E-state index is 13.3. The van der Waals surface area contributed by atoms with Gasteiger partial charge in [-0.2, -0.15) is 0 Å². The molecule has 1 aromatic carbocycles. The van der Waals surface area contributed by atoms with Crippen LogP contribution < -0.4 is 4.74 Å². The van der Waals surface area contributed by atoms with Gasteiger partial charge in [0.1, 0.15) is 0 Å². The van der Waals surface area contributed by atoms with Gasteiger partial charge in [0.05, 0.1) is 25.6 Å². The van der Waals surface area contributed by atoms with Crippen LogP contribution in [-0.2, 0) is 4.74 Å². The zero-order valence-electron chi connectivity index (χ0n) is 10.5. The van der Waals surface area contributed by atoms with Crippen LogP contribution in [0.5, 0.6) is 5.75 Å². The third kappa shape index (κ3) is 2.70. The summed E-state index contributed by atoms with van der Waals surface area (Å²) in [6.45, 7) is 1.96. The smallest absolute Gasteiger partial charge is 0.360 e. The Hall–Kier alpha value is -2.44. The van der Waals surface area contributed by atoms with Gasteiger partial charge in [0.25, 0.3) is 0 Å². The van der Waals surface area contributed by atoms with Gasteiger partial charge in [-0.05, 0) is 19.1 Å². The van der Waals surface area contributed by atoms with Crippen molar-refractivity contribution in [3.8, 4) is 11.4 Å². The molecule has 100 valence electrons. The molecular weight excluding hydrogens is 253 g/mol. The van der Waals surface area contributed by atoms with Gasteiger partial charge in [-0.15, -0.1) is 5.10 Å². The number of methoxy groups -OCH3 is 1. The van der Waals surface area contributed by atoms with E-state index >= 15 is 0 Å². The zero-order valence-corrected chi connectivity index (χ0v) is 10.5. The Balaban J connectivity index is 2.30. The number of esters is 1. The summed E-state index contributed by atoms with van der Waals surface area (Å²) in [5.74, 6) is -0.939. The second-order valence-electron chi connectivity index (χ2n) is 3.59. The highest BCUT2D eigenvalue weighted by Crippen LogP contribution is 2.20. The van der Waals surface area contributed by atoms with E-state index in [4.69, 9.17) is 9.47 Å². The van der Waals surface area contributed by atoms with Gasteiger partial charge in [-0.1, -0.05) is 5.21 Å². The average Bonchev–Trinajstić information content (AvgIpc) is 2.89. The van der Waals surface area contributed by atoms with Gasteiger partial charge in [0.2, 0.25) is 0 Å². The lowest BCUT2D eigenvalue weighted by atomic mass is 10.3. The third-order valence-corrected chi connectivity index (χ3v) is 2.38. The normalized spacial score (nSPS) is 10.3. The summed E-state index contributed by atoms with van der Waals surface area (Å²) in [7, 11) is 1.37. The predicted molar refractivity (Wildman–Crippen MR) is 63.8 cm³/mol. The number of halogens is 1. The van der Waals surface area contributed by atoms with E-state index in [0.717, 1.165) is 0 Å². The predicted octanol–water partition coefficient (Wildman–Crippen LogP) is 1.59. The molecule has 0 radical (unpaired) electrons. The Morgan fingerprint density at radius 2 is 2.26 bits per heavy atom. The van der Waals surface area contributed by atoms with Crippen LogP contribution in [0.15, 0.2) is 24.4 Å². The minimum absolute atomic E-state index is 0.0881. The Morgan fingerprint density at radius 3 is 2.95 bits per heavy atom. The van der Waals surface area contributed by atoms with Crippen molar-refractivity contribution in [2.45, 2.75) is 6.92 Å². The van der Waals surface area contributed by atoms with Crippen molar-refractivity contribution in [2.75, 3.05) is 13.7 Å². The van der Waals surface area contributed by atoms with E-state index in [1.165, 1.54) is 36.2 Å². The molecule has 0 aliphatic rings. The number of carbonyl (C=O) groups is 1. The molecule has 1 heterocycles. The minimum atomic E-state index is -0.553. The fraction of sp³-hybridized carbons (Fsp3) is 0.250. The lowest BCUT2D eigenvalue weighted by Gasteiger charge is -2.04. The first-order valence-corrected chi connectivity index (χ1v) is 5.59. The lowest BCUT2D eigenvalue weighted by molar-refractivity contribution is 0.0519. The van der Waals surface area contributed by atoms with Crippen LogP contribution in [0.2, 0.25) is 0 Å². The van der Waals surface area contributed by atoms with Gasteiger partial charge in [0.15, 0.2) is 17.3 Å². The molecule has 0 amide bonds. The zero-order chi connectivity index (χ0) is 13.8. The highest BCUT2D eigenvalue weighted by molar-refractivity contribution is 5.86. The molecule has 0 fully saturated rings. The van der Waals surface area contributed by atoms with E-state index in [1.54, 1.807) is 6.92 Å². The molecular formula is C12H12FN3O3. The maximum atomic E-state index is 13.3. The molecule has 7 heteroatoms. The molecule has 0 spiro atoms. The van der Waals surface area contributed by atoms with E-state index < -0.39 is 11.8 Å². The van der Waals surface area contributed by atoms with Crippen molar-refractivity contribution in [3.05, 3.63) is 35.9 Å². The van der Waals surface area contributed by atoms with Crippen molar-refractivity contribution in [1.82, 2.24) is 15.0 Å². The number of rotatable bonds is 4. The minimum Gasteiger partial charge on any atom is -0.494 e. The van der Waals surface area contributed by atoms with E-state index in [2.05, 4.69) is 10.3 Å². The second kappa shape index (κ2) is 5.47. The highest BCUT2D eigenvalue weighted by atomic mass is 19.1. The highest BCUT2D eigenvalue weighted by Gasteiger charge is 2.13. The Labute approximate surface area is 108 Å². The number of hydrogen-bond donors (Lipinski definition) is 0. The first kappa shape index (κ1) is 13.0. The van der Waals surface area contributed by atoms with E-state index in [1.807, 2.05) is 0 Å². The van der Waals surface area contributed by atoms with Gasteiger partial charge in [-0.25, -0.2) is 13.9 Å². The Bertz CT molecular complexity index is 598. The van der Waals surface area contributed by atoms with Crippen molar-refractivity contribution in [1.29, 1.82) is 0 Å². The van der Waals surface area contributed by atoms with E-state index in [-0.39, 0.29) is 18.1 Å². The van der Waals surface area contributed by atoms with Crippen LogP contribution in [0.1, 0.15) is 17.4 Å². The molecule has 19 heavy (non-hydrogen) atoms. The third-order valence-electron chi connectivity index (χ3n) is 2.38. The summed E-state index contributed by atoms with van der Waals surface area (Å²) in [5.41, 5.74) is 0.617. The molecule has 0 atom stereocenters. The standard InChI is InChI=1S/C12H12FN3O3/c1-3-19-12(17)10-7-16(15-14-10)8-4-5-9(13)11(6-8)18-2/h4-7H,3H2,1-2H3. The molecule has 0 saturated carbocycles. The van der Waals surface area contributed by atoms with Crippen LogP contribution in [0.25, 0.3) is 5.69 Å². The van der Waals surface area contributed by atoms with Gasteiger partial charge in [-0.3, -0.25) is 0 Å². The quantitative estimate of drug-likeness (QED) is 0.785. The summed E-state index contributed by atoms with van der Waals surface area (Å²) in [4.78, 5) is 11.4. The molecule has 0 N–H and O–H groups in total. The fourth-order valence-corrected chi connectivity index (χ4v) is 1.48. The number of carbonyl (C=O) groups excluding carboxylic acids is 1. The van der Waals surface area contributed by atoms with E-state index in [9.17, 15) is 9.18 Å².